The zero-order valence-electron chi connectivity index (χ0n) is 11.0. The number of ether oxygens (including phenoxy) is 1. The van der Waals surface area contributed by atoms with Gasteiger partial charge in [0, 0.05) is 18.7 Å². The molecule has 0 bridgehead atoms. The van der Waals surface area contributed by atoms with Crippen LogP contribution in [0.15, 0.2) is 18.2 Å². The second-order valence-electron chi connectivity index (χ2n) is 4.84. The van der Waals surface area contributed by atoms with Crippen LogP contribution in [0.2, 0.25) is 0 Å². The number of nitrogens with one attached hydrogen (secondary N) is 1. The minimum Gasteiger partial charge on any atom is -0.478 e. The molecule has 108 valence electrons. The number of benzene rings is 1. The van der Waals surface area contributed by atoms with Crippen molar-refractivity contribution in [2.24, 2.45) is 0 Å². The summed E-state index contributed by atoms with van der Waals surface area (Å²) >= 11 is 0. The normalized spacial score (nSPS) is 22.2. The molecule has 2 rings (SSSR count). The Morgan fingerprint density at radius 2 is 2.30 bits per heavy atom. The molecule has 7 nitrogen and oxygen atoms in total. The third kappa shape index (κ3) is 3.24. The fourth-order valence-electron chi connectivity index (χ4n) is 2.29. The molecule has 20 heavy (non-hydrogen) atoms. The predicted octanol–water partition coefficient (Wildman–Crippen LogP) is 2.27. The van der Waals surface area contributed by atoms with Crippen molar-refractivity contribution < 1.29 is 19.6 Å². The zero-order valence-corrected chi connectivity index (χ0v) is 11.0. The van der Waals surface area contributed by atoms with E-state index in [1.54, 1.807) is 0 Å². The maximum absolute atomic E-state index is 11.0. The van der Waals surface area contributed by atoms with Crippen molar-refractivity contribution in [3.8, 4) is 0 Å². The molecule has 0 amide bonds. The van der Waals surface area contributed by atoms with Gasteiger partial charge < -0.3 is 15.2 Å². The largest absolute Gasteiger partial charge is 0.478 e. The van der Waals surface area contributed by atoms with Gasteiger partial charge in [0.1, 0.15) is 5.69 Å². The van der Waals surface area contributed by atoms with Crippen molar-refractivity contribution in [1.82, 2.24) is 0 Å². The Kier molecular flexibility index (Phi) is 4.19. The SMILES string of the molecule is CC1CC(Nc2cc(C(=O)O)ccc2[N+](=O)[O-])CCO1. The lowest BCUT2D eigenvalue weighted by atomic mass is 10.0. The average molecular weight is 280 g/mol. The summed E-state index contributed by atoms with van der Waals surface area (Å²) in [6.07, 6.45) is 1.55. The van der Waals surface area contributed by atoms with Crippen LogP contribution in [0, 0.1) is 10.1 Å². The predicted molar refractivity (Wildman–Crippen MR) is 72.1 cm³/mol. The van der Waals surface area contributed by atoms with Crippen molar-refractivity contribution in [1.29, 1.82) is 0 Å². The van der Waals surface area contributed by atoms with E-state index >= 15 is 0 Å². The van der Waals surface area contributed by atoms with Crippen LogP contribution in [-0.2, 0) is 4.74 Å². The number of nitro groups is 1. The molecule has 2 unspecified atom stereocenters. The van der Waals surface area contributed by atoms with E-state index in [1.165, 1.54) is 18.2 Å². The number of nitro benzene ring substituents is 1. The summed E-state index contributed by atoms with van der Waals surface area (Å²) in [6.45, 7) is 2.53. The zero-order chi connectivity index (χ0) is 14.7. The standard InChI is InChI=1S/C13H16N2O5/c1-8-6-10(4-5-20-8)14-11-7-9(13(16)17)2-3-12(11)15(18)19/h2-3,7-8,10,14H,4-6H2,1H3,(H,16,17). The van der Waals surface area contributed by atoms with Gasteiger partial charge in [-0.1, -0.05) is 0 Å². The van der Waals surface area contributed by atoms with Crippen molar-refractivity contribution in [2.75, 3.05) is 11.9 Å². The highest BCUT2D eigenvalue weighted by Crippen LogP contribution is 2.28. The second-order valence-corrected chi connectivity index (χ2v) is 4.84. The maximum Gasteiger partial charge on any atom is 0.335 e. The number of hydrogen-bond donors (Lipinski definition) is 2. The summed E-state index contributed by atoms with van der Waals surface area (Å²) in [7, 11) is 0. The molecule has 1 saturated heterocycles. The third-order valence-electron chi connectivity index (χ3n) is 3.28. The smallest absolute Gasteiger partial charge is 0.335 e. The molecule has 1 aromatic rings. The van der Waals surface area contributed by atoms with E-state index < -0.39 is 10.9 Å². The van der Waals surface area contributed by atoms with Gasteiger partial charge in [0.05, 0.1) is 16.6 Å². The third-order valence-corrected chi connectivity index (χ3v) is 3.28. The molecule has 0 saturated carbocycles. The van der Waals surface area contributed by atoms with Crippen LogP contribution in [0.4, 0.5) is 11.4 Å². The fourth-order valence-corrected chi connectivity index (χ4v) is 2.29. The first-order valence-corrected chi connectivity index (χ1v) is 6.37. The molecular weight excluding hydrogens is 264 g/mol. The van der Waals surface area contributed by atoms with Gasteiger partial charge in [-0.25, -0.2) is 4.79 Å². The van der Waals surface area contributed by atoms with Crippen LogP contribution >= 0.6 is 0 Å². The Labute approximate surface area is 115 Å². The average Bonchev–Trinajstić information content (AvgIpc) is 2.38. The van der Waals surface area contributed by atoms with Crippen LogP contribution in [-0.4, -0.2) is 34.8 Å². The number of hydrogen-bond acceptors (Lipinski definition) is 5. The van der Waals surface area contributed by atoms with Gasteiger partial charge in [-0.05, 0) is 31.9 Å². The van der Waals surface area contributed by atoms with Crippen molar-refractivity contribution in [3.63, 3.8) is 0 Å². The quantitative estimate of drug-likeness (QED) is 0.648. The Balaban J connectivity index is 2.25. The number of carbonyl (C=O) groups is 1. The summed E-state index contributed by atoms with van der Waals surface area (Å²) in [4.78, 5) is 21.4. The minimum atomic E-state index is -1.11. The topological polar surface area (TPSA) is 102 Å². The van der Waals surface area contributed by atoms with Gasteiger partial charge in [-0.2, -0.15) is 0 Å². The maximum atomic E-state index is 11.0. The number of nitrogens with zero attached hydrogens (tertiary/aromatic N) is 1. The van der Waals surface area contributed by atoms with Crippen molar-refractivity contribution >= 4 is 17.3 Å². The van der Waals surface area contributed by atoms with E-state index in [1.807, 2.05) is 6.92 Å². The van der Waals surface area contributed by atoms with E-state index in [-0.39, 0.29) is 29.1 Å². The van der Waals surface area contributed by atoms with Crippen LogP contribution < -0.4 is 5.32 Å². The van der Waals surface area contributed by atoms with Crippen molar-refractivity contribution in [3.05, 3.63) is 33.9 Å². The van der Waals surface area contributed by atoms with E-state index in [0.29, 0.717) is 6.61 Å². The van der Waals surface area contributed by atoms with Crippen LogP contribution in [0.5, 0.6) is 0 Å². The Morgan fingerprint density at radius 1 is 1.55 bits per heavy atom. The highest BCUT2D eigenvalue weighted by Gasteiger charge is 2.23. The monoisotopic (exact) mass is 280 g/mol. The molecule has 0 radical (unpaired) electrons. The van der Waals surface area contributed by atoms with Gasteiger partial charge in [0.25, 0.3) is 5.69 Å². The summed E-state index contributed by atoms with van der Waals surface area (Å²) in [5, 5.41) is 23.0. The molecule has 0 aliphatic carbocycles. The van der Waals surface area contributed by atoms with Gasteiger partial charge in [-0.15, -0.1) is 0 Å². The lowest BCUT2D eigenvalue weighted by molar-refractivity contribution is -0.384. The summed E-state index contributed by atoms with van der Waals surface area (Å²) < 4.78 is 5.42. The lowest BCUT2D eigenvalue weighted by Gasteiger charge is -2.28. The summed E-state index contributed by atoms with van der Waals surface area (Å²) in [6, 6.07) is 3.80. The van der Waals surface area contributed by atoms with Crippen molar-refractivity contribution in [2.45, 2.75) is 31.9 Å². The number of anilines is 1. The number of carboxylic acids is 1. The molecule has 1 aromatic carbocycles. The molecule has 1 aliphatic heterocycles. The van der Waals surface area contributed by atoms with Gasteiger partial charge in [0.15, 0.2) is 0 Å². The number of aromatic carboxylic acids is 1. The van der Waals surface area contributed by atoms with Gasteiger partial charge >= 0.3 is 5.97 Å². The molecule has 2 N–H and O–H groups in total. The molecule has 0 aromatic heterocycles. The molecule has 7 heteroatoms. The Morgan fingerprint density at radius 3 is 2.90 bits per heavy atom. The first kappa shape index (κ1) is 14.3. The molecule has 1 heterocycles. The first-order chi connectivity index (χ1) is 9.47. The number of carboxylic acid groups (broad SMARTS) is 1. The highest BCUT2D eigenvalue weighted by atomic mass is 16.6. The Hall–Kier alpha value is -2.15. The molecule has 2 atom stereocenters. The Bertz CT molecular complexity index is 531. The highest BCUT2D eigenvalue weighted by molar-refractivity contribution is 5.90. The second kappa shape index (κ2) is 5.87. The molecule has 1 aliphatic rings. The van der Waals surface area contributed by atoms with Crippen LogP contribution in [0.3, 0.4) is 0 Å². The molecule has 1 fully saturated rings. The number of rotatable bonds is 4. The van der Waals surface area contributed by atoms with E-state index in [0.717, 1.165) is 12.8 Å². The summed E-state index contributed by atoms with van der Waals surface area (Å²) in [5.41, 5.74) is 0.154. The molecule has 0 spiro atoms. The van der Waals surface area contributed by atoms with Crippen LogP contribution in [0.25, 0.3) is 0 Å². The van der Waals surface area contributed by atoms with E-state index in [4.69, 9.17) is 9.84 Å². The molecular formula is C13H16N2O5. The minimum absolute atomic E-state index is 0.0261. The van der Waals surface area contributed by atoms with Crippen LogP contribution in [0.1, 0.15) is 30.1 Å². The van der Waals surface area contributed by atoms with E-state index in [9.17, 15) is 14.9 Å². The fraction of sp³-hybridized carbons (Fsp3) is 0.462. The summed E-state index contributed by atoms with van der Waals surface area (Å²) in [5.74, 6) is -1.11. The van der Waals surface area contributed by atoms with E-state index in [2.05, 4.69) is 5.32 Å². The lowest BCUT2D eigenvalue weighted by Crippen LogP contribution is -2.32. The van der Waals surface area contributed by atoms with Gasteiger partial charge in [-0.3, -0.25) is 10.1 Å². The van der Waals surface area contributed by atoms with Gasteiger partial charge in [0.2, 0.25) is 0 Å². The first-order valence-electron chi connectivity index (χ1n) is 6.37.